The molecule has 28 heavy (non-hydrogen) atoms. The highest BCUT2D eigenvalue weighted by Gasteiger charge is 2.17. The van der Waals surface area contributed by atoms with Gasteiger partial charge >= 0.3 is 0 Å². The molecule has 0 saturated carbocycles. The summed E-state index contributed by atoms with van der Waals surface area (Å²) in [5, 5.41) is 15.2. The molecule has 2 heterocycles. The van der Waals surface area contributed by atoms with Crippen LogP contribution in [0.5, 0.6) is 0 Å². The van der Waals surface area contributed by atoms with Crippen LogP contribution in [-0.2, 0) is 4.79 Å². The predicted molar refractivity (Wildman–Crippen MR) is 109 cm³/mol. The zero-order valence-corrected chi connectivity index (χ0v) is 17.3. The minimum Gasteiger partial charge on any atom is -0.325 e. The van der Waals surface area contributed by atoms with Gasteiger partial charge in [-0.2, -0.15) is 5.10 Å². The van der Waals surface area contributed by atoms with Crippen LogP contribution in [-0.4, -0.2) is 36.6 Å². The van der Waals surface area contributed by atoms with E-state index >= 15 is 0 Å². The number of carbonyl (C=O) groups excluding carboxylic acids is 1. The topological polar surface area (TPSA) is 106 Å². The average Bonchev–Trinajstić information content (AvgIpc) is 2.93. The molecular weight excluding hydrogens is 376 g/mol. The second-order valence-corrected chi connectivity index (χ2v) is 7.60. The number of rotatable bonds is 5. The van der Waals surface area contributed by atoms with E-state index in [1.807, 2.05) is 45.9 Å². The maximum absolute atomic E-state index is 12.3. The van der Waals surface area contributed by atoms with Crippen molar-refractivity contribution >= 4 is 23.4 Å². The number of aromatic nitrogens is 5. The maximum atomic E-state index is 12.3. The first-order valence-electron chi connectivity index (χ1n) is 8.76. The molecule has 3 rings (SSSR count). The van der Waals surface area contributed by atoms with Gasteiger partial charge < -0.3 is 5.32 Å². The van der Waals surface area contributed by atoms with Crippen molar-refractivity contribution in [2.45, 2.75) is 39.5 Å². The molecule has 2 aromatic heterocycles. The first-order chi connectivity index (χ1) is 13.3. The fraction of sp³-hybridized carbons (Fsp3) is 0.316. The van der Waals surface area contributed by atoms with Crippen molar-refractivity contribution in [1.29, 1.82) is 0 Å². The molecule has 0 atom stereocenters. The molecule has 2 N–H and O–H groups in total. The normalized spacial score (nSPS) is 10.9. The highest BCUT2D eigenvalue weighted by molar-refractivity contribution is 8.00. The summed E-state index contributed by atoms with van der Waals surface area (Å²) in [6.45, 7) is 9.35. The minimum absolute atomic E-state index is 0.0941. The van der Waals surface area contributed by atoms with Gasteiger partial charge in [-0.25, -0.2) is 4.68 Å². The number of hydrogen-bond acceptors (Lipinski definition) is 6. The monoisotopic (exact) mass is 398 g/mol. The summed E-state index contributed by atoms with van der Waals surface area (Å²) >= 11 is 1.40. The standard InChI is InChI=1S/C19H22N6O2S/c1-10-6-7-15(8-11(10)2)20-16(26)9-28-17-12(3)24-25(14(17)5)19-21-18(27)13(4)22-23-19/h6-8H,9H2,1-5H3,(H,20,26)(H,21,23,27). The Labute approximate surface area is 166 Å². The highest BCUT2D eigenvalue weighted by Crippen LogP contribution is 2.27. The van der Waals surface area contributed by atoms with E-state index in [2.05, 4.69) is 25.6 Å². The van der Waals surface area contributed by atoms with Crippen molar-refractivity contribution in [3.8, 4) is 5.95 Å². The molecule has 0 saturated heterocycles. The lowest BCUT2D eigenvalue weighted by Crippen LogP contribution is -2.18. The Balaban J connectivity index is 1.73. The summed E-state index contributed by atoms with van der Waals surface area (Å²) in [6.07, 6.45) is 0. The van der Waals surface area contributed by atoms with E-state index in [0.717, 1.165) is 27.5 Å². The van der Waals surface area contributed by atoms with Gasteiger partial charge in [0.05, 0.1) is 22.0 Å². The Bertz CT molecular complexity index is 1100. The van der Waals surface area contributed by atoms with Crippen molar-refractivity contribution in [3.05, 3.63) is 56.8 Å². The van der Waals surface area contributed by atoms with Crippen molar-refractivity contribution in [3.63, 3.8) is 0 Å². The lowest BCUT2D eigenvalue weighted by atomic mass is 10.1. The molecule has 0 aliphatic carbocycles. The van der Waals surface area contributed by atoms with Gasteiger partial charge in [-0.3, -0.25) is 14.6 Å². The van der Waals surface area contributed by atoms with Crippen LogP contribution in [0.2, 0.25) is 0 Å². The van der Waals surface area contributed by atoms with E-state index in [1.54, 1.807) is 6.92 Å². The first-order valence-corrected chi connectivity index (χ1v) is 9.75. The number of nitrogens with one attached hydrogen (secondary N) is 2. The molecule has 0 radical (unpaired) electrons. The fourth-order valence-electron chi connectivity index (χ4n) is 2.68. The van der Waals surface area contributed by atoms with Gasteiger partial charge in [-0.1, -0.05) is 6.07 Å². The summed E-state index contributed by atoms with van der Waals surface area (Å²) in [4.78, 5) is 27.7. The quantitative estimate of drug-likeness (QED) is 0.640. The Morgan fingerprint density at radius 2 is 1.86 bits per heavy atom. The Hall–Kier alpha value is -2.94. The zero-order chi connectivity index (χ0) is 20.4. The molecule has 146 valence electrons. The number of aryl methyl sites for hydroxylation is 4. The Morgan fingerprint density at radius 1 is 1.11 bits per heavy atom. The van der Waals surface area contributed by atoms with Crippen molar-refractivity contribution in [1.82, 2.24) is 25.0 Å². The summed E-state index contributed by atoms with van der Waals surface area (Å²) < 4.78 is 1.53. The summed E-state index contributed by atoms with van der Waals surface area (Å²) in [6, 6.07) is 5.84. The van der Waals surface area contributed by atoms with E-state index in [0.29, 0.717) is 5.69 Å². The van der Waals surface area contributed by atoms with Crippen LogP contribution in [0.15, 0.2) is 27.9 Å². The Kier molecular flexibility index (Phi) is 5.64. The number of carbonyl (C=O) groups is 1. The second-order valence-electron chi connectivity index (χ2n) is 6.61. The van der Waals surface area contributed by atoms with Crippen LogP contribution in [0.4, 0.5) is 5.69 Å². The number of aromatic amines is 1. The molecule has 0 spiro atoms. The van der Waals surface area contributed by atoms with Crippen LogP contribution in [0.1, 0.15) is 28.2 Å². The molecule has 8 nitrogen and oxygen atoms in total. The number of benzene rings is 1. The largest absolute Gasteiger partial charge is 0.325 e. The molecule has 0 aliphatic rings. The third-order valence-electron chi connectivity index (χ3n) is 4.41. The maximum Gasteiger partial charge on any atom is 0.274 e. The molecule has 0 aliphatic heterocycles. The molecule has 3 aromatic rings. The number of thioether (sulfide) groups is 1. The lowest BCUT2D eigenvalue weighted by Gasteiger charge is -2.08. The van der Waals surface area contributed by atoms with Crippen molar-refractivity contribution in [2.24, 2.45) is 0 Å². The zero-order valence-electron chi connectivity index (χ0n) is 16.5. The number of amides is 1. The van der Waals surface area contributed by atoms with E-state index in [1.165, 1.54) is 22.0 Å². The van der Waals surface area contributed by atoms with Gasteiger partial charge in [-0.05, 0) is 57.9 Å². The van der Waals surface area contributed by atoms with Crippen LogP contribution in [0.25, 0.3) is 5.95 Å². The average molecular weight is 398 g/mol. The smallest absolute Gasteiger partial charge is 0.274 e. The Morgan fingerprint density at radius 3 is 2.54 bits per heavy atom. The van der Waals surface area contributed by atoms with Gasteiger partial charge in [0.1, 0.15) is 5.69 Å². The molecule has 1 aromatic carbocycles. The number of hydrogen-bond donors (Lipinski definition) is 2. The number of H-pyrrole nitrogens is 1. The minimum atomic E-state index is -0.306. The van der Waals surface area contributed by atoms with Crippen LogP contribution < -0.4 is 10.9 Å². The molecule has 0 bridgehead atoms. The predicted octanol–water partition coefficient (Wildman–Crippen LogP) is 2.62. The first kappa shape index (κ1) is 19.8. The lowest BCUT2D eigenvalue weighted by molar-refractivity contribution is -0.113. The number of nitrogens with zero attached hydrogens (tertiary/aromatic N) is 4. The summed E-state index contributed by atoms with van der Waals surface area (Å²) in [5.41, 5.74) is 4.63. The van der Waals surface area contributed by atoms with Gasteiger partial charge in [-0.15, -0.1) is 22.0 Å². The van der Waals surface area contributed by atoms with Crippen molar-refractivity contribution < 1.29 is 4.79 Å². The van der Waals surface area contributed by atoms with Crippen LogP contribution in [0, 0.1) is 34.6 Å². The van der Waals surface area contributed by atoms with Crippen LogP contribution in [0.3, 0.4) is 0 Å². The van der Waals surface area contributed by atoms with Crippen LogP contribution >= 0.6 is 11.8 Å². The second kappa shape index (κ2) is 7.97. The third-order valence-corrected chi connectivity index (χ3v) is 5.70. The molecule has 0 fully saturated rings. The summed E-state index contributed by atoms with van der Waals surface area (Å²) in [7, 11) is 0. The van der Waals surface area contributed by atoms with E-state index in [4.69, 9.17) is 0 Å². The van der Waals surface area contributed by atoms with Gasteiger partial charge in [0.15, 0.2) is 0 Å². The third kappa shape index (κ3) is 4.14. The van der Waals surface area contributed by atoms with Gasteiger partial charge in [0, 0.05) is 5.69 Å². The van der Waals surface area contributed by atoms with E-state index < -0.39 is 0 Å². The van der Waals surface area contributed by atoms with Gasteiger partial charge in [0.25, 0.3) is 11.5 Å². The van der Waals surface area contributed by atoms with Crippen molar-refractivity contribution in [2.75, 3.05) is 11.1 Å². The van der Waals surface area contributed by atoms with E-state index in [9.17, 15) is 9.59 Å². The SMILES string of the molecule is Cc1ccc(NC(=O)CSc2c(C)nn(-c3nnc(C)c(=O)[nH]3)c2C)cc1C. The molecular formula is C19H22N6O2S. The molecule has 9 heteroatoms. The fourth-order valence-corrected chi connectivity index (χ4v) is 3.57. The van der Waals surface area contributed by atoms with E-state index in [-0.39, 0.29) is 23.2 Å². The molecule has 0 unspecified atom stereocenters. The highest BCUT2D eigenvalue weighted by atomic mass is 32.2. The number of anilines is 1. The summed E-state index contributed by atoms with van der Waals surface area (Å²) in [5.74, 6) is 0.405. The van der Waals surface area contributed by atoms with Gasteiger partial charge in [0.2, 0.25) is 5.91 Å². The molecule has 1 amide bonds.